The third-order valence-electron chi connectivity index (χ3n) is 6.57. The van der Waals surface area contributed by atoms with Crippen molar-refractivity contribution in [2.45, 2.75) is 26.3 Å². The Labute approximate surface area is 205 Å². The van der Waals surface area contributed by atoms with Crippen LogP contribution in [-0.2, 0) is 27.9 Å². The molecule has 2 amide bonds. The summed E-state index contributed by atoms with van der Waals surface area (Å²) < 4.78 is 6.99. The first-order valence-electron chi connectivity index (χ1n) is 10.9. The van der Waals surface area contributed by atoms with Crippen molar-refractivity contribution < 1.29 is 14.3 Å². The van der Waals surface area contributed by atoms with Crippen LogP contribution in [0, 0.1) is 30.6 Å². The lowest BCUT2D eigenvalue weighted by molar-refractivity contribution is -0.140. The van der Waals surface area contributed by atoms with Crippen LogP contribution in [0.25, 0.3) is 0 Å². The highest BCUT2D eigenvalue weighted by Gasteiger charge is 2.58. The highest BCUT2D eigenvalue weighted by molar-refractivity contribution is 14.0. The van der Waals surface area contributed by atoms with E-state index in [0.29, 0.717) is 38.7 Å². The Bertz CT molecular complexity index is 870. The van der Waals surface area contributed by atoms with Gasteiger partial charge >= 0.3 is 0 Å². The number of hydrogen-bond acceptors (Lipinski definition) is 6. The van der Waals surface area contributed by atoms with Crippen LogP contribution < -0.4 is 10.6 Å². The maximum atomic E-state index is 12.8. The number of aryl methyl sites for hydroxylation is 1. The zero-order valence-electron chi connectivity index (χ0n) is 18.8. The third kappa shape index (κ3) is 4.82. The van der Waals surface area contributed by atoms with E-state index in [9.17, 15) is 9.59 Å². The maximum Gasteiger partial charge on any atom is 0.233 e. The van der Waals surface area contributed by atoms with Gasteiger partial charge < -0.3 is 19.9 Å². The van der Waals surface area contributed by atoms with Crippen molar-refractivity contribution in [1.82, 2.24) is 30.3 Å². The molecule has 11 heteroatoms. The molecule has 2 N–H and O–H groups in total. The quantitative estimate of drug-likeness (QED) is 0.114. The minimum Gasteiger partial charge on any atom is -0.385 e. The standard InChI is InChI=1S/C21H31N7O3.HI/c1-13-25-26-16(27(13)2)12-24-21(22-7-4-10-31-3)23-8-9-28-19(29)17-14-5-6-15(11-14)18(17)20(28)30;/h5-6,14-15,17-18H,4,7-12H2,1-3H3,(H2,22,23,24);1H. The van der Waals surface area contributed by atoms with E-state index < -0.39 is 0 Å². The van der Waals surface area contributed by atoms with Crippen LogP contribution in [0.2, 0.25) is 0 Å². The van der Waals surface area contributed by atoms with E-state index in [1.54, 1.807) is 7.11 Å². The number of likely N-dealkylation sites (tertiary alicyclic amines) is 1. The van der Waals surface area contributed by atoms with E-state index in [1.807, 2.05) is 18.5 Å². The second kappa shape index (κ2) is 10.7. The fourth-order valence-corrected chi connectivity index (χ4v) is 4.81. The number of ether oxygens (including phenoxy) is 1. The topological polar surface area (TPSA) is 114 Å². The van der Waals surface area contributed by atoms with Crippen molar-refractivity contribution in [1.29, 1.82) is 0 Å². The second-order valence-corrected chi connectivity index (χ2v) is 8.42. The van der Waals surface area contributed by atoms with E-state index >= 15 is 0 Å². The van der Waals surface area contributed by atoms with Gasteiger partial charge in [-0.3, -0.25) is 14.5 Å². The number of amides is 2. The minimum atomic E-state index is -0.151. The van der Waals surface area contributed by atoms with Gasteiger partial charge in [0.2, 0.25) is 11.8 Å². The molecule has 10 nitrogen and oxygen atoms in total. The Balaban J connectivity index is 0.00000289. The molecule has 2 aliphatic carbocycles. The number of nitrogens with one attached hydrogen (secondary N) is 2. The average molecular weight is 557 g/mol. The molecular weight excluding hydrogens is 525 g/mol. The number of carbonyl (C=O) groups is 2. The summed E-state index contributed by atoms with van der Waals surface area (Å²) in [7, 11) is 3.58. The Hall–Kier alpha value is -2.02. The van der Waals surface area contributed by atoms with Crippen molar-refractivity contribution in [3.8, 4) is 0 Å². The monoisotopic (exact) mass is 557 g/mol. The predicted octanol–water partition coefficient (Wildman–Crippen LogP) is 0.620. The van der Waals surface area contributed by atoms with Gasteiger partial charge in [-0.05, 0) is 31.6 Å². The highest BCUT2D eigenvalue weighted by atomic mass is 127. The smallest absolute Gasteiger partial charge is 0.233 e. The van der Waals surface area contributed by atoms with Gasteiger partial charge in [-0.1, -0.05) is 12.2 Å². The molecule has 4 atom stereocenters. The number of carbonyl (C=O) groups excluding carboxylic acids is 2. The summed E-state index contributed by atoms with van der Waals surface area (Å²) in [5.41, 5.74) is 0. The number of methoxy groups -OCH3 is 1. The van der Waals surface area contributed by atoms with Crippen molar-refractivity contribution in [3.63, 3.8) is 0 Å². The Kier molecular flexibility index (Phi) is 8.26. The Morgan fingerprint density at radius 1 is 1.16 bits per heavy atom. The number of allylic oxidation sites excluding steroid dienone is 2. The van der Waals surface area contributed by atoms with Crippen LogP contribution in [0.1, 0.15) is 24.5 Å². The number of guanidine groups is 1. The minimum absolute atomic E-state index is 0. The molecular formula is C21H32IN7O3. The lowest BCUT2D eigenvalue weighted by Gasteiger charge is -2.19. The van der Waals surface area contributed by atoms with Crippen LogP contribution in [0.5, 0.6) is 0 Å². The molecule has 1 saturated heterocycles. The Morgan fingerprint density at radius 3 is 2.41 bits per heavy atom. The van der Waals surface area contributed by atoms with Gasteiger partial charge in [0.1, 0.15) is 12.4 Å². The van der Waals surface area contributed by atoms with Crippen molar-refractivity contribution in [2.75, 3.05) is 33.4 Å². The number of aromatic nitrogens is 3. The van der Waals surface area contributed by atoms with Gasteiger partial charge in [0.15, 0.2) is 11.8 Å². The third-order valence-corrected chi connectivity index (χ3v) is 6.57. The summed E-state index contributed by atoms with van der Waals surface area (Å²) in [6, 6.07) is 0. The molecule has 1 aromatic rings. The number of hydrogen-bond donors (Lipinski definition) is 2. The molecule has 32 heavy (non-hydrogen) atoms. The molecule has 0 radical (unpaired) electrons. The number of fused-ring (bicyclic) bond motifs is 5. The van der Waals surface area contributed by atoms with E-state index in [-0.39, 0.29) is 59.5 Å². The van der Waals surface area contributed by atoms with E-state index in [2.05, 4.69) is 38.0 Å². The SMILES string of the molecule is COCCCNC(=NCc1nnc(C)n1C)NCCN1C(=O)C2C3C=CC(C3)C2C1=O.I. The summed E-state index contributed by atoms with van der Waals surface area (Å²) in [4.78, 5) is 31.7. The molecule has 2 fully saturated rings. The fourth-order valence-electron chi connectivity index (χ4n) is 4.81. The number of aliphatic imine (C=N–C) groups is 1. The van der Waals surface area contributed by atoms with Crippen molar-refractivity contribution >= 4 is 41.8 Å². The van der Waals surface area contributed by atoms with Gasteiger partial charge in [0.25, 0.3) is 0 Å². The van der Waals surface area contributed by atoms with Gasteiger partial charge in [0.05, 0.1) is 11.8 Å². The summed E-state index contributed by atoms with van der Waals surface area (Å²) in [6.07, 6.45) is 6.01. The molecule has 4 unspecified atom stereocenters. The molecule has 0 aromatic carbocycles. The number of imide groups is 1. The number of nitrogens with zero attached hydrogens (tertiary/aromatic N) is 5. The molecule has 1 aliphatic heterocycles. The van der Waals surface area contributed by atoms with Gasteiger partial charge in [-0.25, -0.2) is 4.99 Å². The van der Waals surface area contributed by atoms with Crippen LogP contribution in [0.15, 0.2) is 17.1 Å². The van der Waals surface area contributed by atoms with Crippen LogP contribution >= 0.6 is 24.0 Å². The first-order valence-corrected chi connectivity index (χ1v) is 10.9. The predicted molar refractivity (Wildman–Crippen MR) is 129 cm³/mol. The molecule has 176 valence electrons. The summed E-state index contributed by atoms with van der Waals surface area (Å²) in [5.74, 6) is 2.33. The average Bonchev–Trinajstić information content (AvgIpc) is 3.51. The number of halogens is 1. The van der Waals surface area contributed by atoms with Crippen LogP contribution in [0.4, 0.5) is 0 Å². The van der Waals surface area contributed by atoms with Crippen LogP contribution in [-0.4, -0.2) is 70.8 Å². The Morgan fingerprint density at radius 2 is 1.81 bits per heavy atom. The van der Waals surface area contributed by atoms with E-state index in [4.69, 9.17) is 4.74 Å². The van der Waals surface area contributed by atoms with Crippen molar-refractivity contribution in [3.05, 3.63) is 23.8 Å². The van der Waals surface area contributed by atoms with Gasteiger partial charge in [-0.2, -0.15) is 0 Å². The van der Waals surface area contributed by atoms with Crippen molar-refractivity contribution in [2.24, 2.45) is 35.7 Å². The fraction of sp³-hybridized carbons (Fsp3) is 0.667. The molecule has 4 rings (SSSR count). The zero-order chi connectivity index (χ0) is 22.0. The maximum absolute atomic E-state index is 12.8. The molecule has 1 aromatic heterocycles. The van der Waals surface area contributed by atoms with Gasteiger partial charge in [0, 0.05) is 40.4 Å². The molecule has 3 aliphatic rings. The van der Waals surface area contributed by atoms with Gasteiger partial charge in [-0.15, -0.1) is 34.2 Å². The summed E-state index contributed by atoms with van der Waals surface area (Å²) >= 11 is 0. The molecule has 2 heterocycles. The van der Waals surface area contributed by atoms with E-state index in [1.165, 1.54) is 4.90 Å². The van der Waals surface area contributed by atoms with E-state index in [0.717, 1.165) is 24.5 Å². The zero-order valence-corrected chi connectivity index (χ0v) is 21.1. The molecule has 2 bridgehead atoms. The first kappa shape index (κ1) is 24.6. The summed E-state index contributed by atoms with van der Waals surface area (Å²) in [6.45, 7) is 4.39. The van der Waals surface area contributed by atoms with Crippen LogP contribution in [0.3, 0.4) is 0 Å². The summed E-state index contributed by atoms with van der Waals surface area (Å²) in [5, 5.41) is 14.7. The molecule has 1 saturated carbocycles. The lowest BCUT2D eigenvalue weighted by atomic mass is 9.85. The largest absolute Gasteiger partial charge is 0.385 e. The number of rotatable bonds is 9. The molecule has 0 spiro atoms. The first-order chi connectivity index (χ1) is 15.0. The second-order valence-electron chi connectivity index (χ2n) is 8.42. The normalized spacial score (nSPS) is 26.0. The highest BCUT2D eigenvalue weighted by Crippen LogP contribution is 2.52. The lowest BCUT2D eigenvalue weighted by Crippen LogP contribution is -2.44.